The highest BCUT2D eigenvalue weighted by atomic mass is 16.4. The Morgan fingerprint density at radius 2 is 1.75 bits per heavy atom. The second kappa shape index (κ2) is 9.93. The summed E-state index contributed by atoms with van der Waals surface area (Å²) in [5.41, 5.74) is 3.61. The molecule has 0 saturated heterocycles. The van der Waals surface area contributed by atoms with E-state index in [0.717, 1.165) is 5.56 Å². The fraction of sp³-hybridized carbons (Fsp3) is 0.600. The third-order valence-electron chi connectivity index (χ3n) is 11.7. The van der Waals surface area contributed by atoms with E-state index in [0.29, 0.717) is 29.7 Å². The van der Waals surface area contributed by atoms with Gasteiger partial charge in [-0.2, -0.15) is 0 Å². The number of amides is 1. The maximum absolute atomic E-state index is 14.7. The molecule has 10 atom stereocenters. The summed E-state index contributed by atoms with van der Waals surface area (Å²) >= 11 is 0. The van der Waals surface area contributed by atoms with Gasteiger partial charge in [-0.15, -0.1) is 0 Å². The van der Waals surface area contributed by atoms with Crippen molar-refractivity contribution in [2.24, 2.45) is 51.1 Å². The number of primary amides is 1. The normalized spacial score (nSPS) is 40.9. The number of nitrogens with two attached hydrogens (primary N) is 1. The number of carbonyl (C=O) groups excluding carboxylic acids is 3. The quantitative estimate of drug-likeness (QED) is 0.329. The molecule has 5 aliphatic rings. The number of hydrogen-bond acceptors (Lipinski definition) is 8. The second-order valence-corrected chi connectivity index (χ2v) is 15.1. The van der Waals surface area contributed by atoms with E-state index in [4.69, 9.17) is 10.7 Å². The number of carbonyl (C=O) groups is 3. The molecule has 1 aromatic carbocycles. The molecule has 1 amide bonds. The molecule has 2 fully saturated rings. The average Bonchev–Trinajstić information content (AvgIpc) is 3.34. The zero-order chi connectivity index (χ0) is 32.3. The van der Waals surface area contributed by atoms with Crippen LogP contribution in [0.15, 0.2) is 35.4 Å². The maximum Gasteiger partial charge on any atom is 0.230 e. The molecule has 44 heavy (non-hydrogen) atoms. The minimum absolute atomic E-state index is 0.000951. The Bertz CT molecular complexity index is 1560. The first kappa shape index (κ1) is 30.9. The molecule has 0 aromatic heterocycles. The highest BCUT2D eigenvalue weighted by Gasteiger charge is 2.76. The number of benzene rings is 1. The first-order chi connectivity index (χ1) is 20.5. The zero-order valence-electron chi connectivity index (χ0n) is 26.2. The van der Waals surface area contributed by atoms with Crippen molar-refractivity contribution in [3.8, 4) is 5.75 Å². The fourth-order valence-corrected chi connectivity index (χ4v) is 9.97. The molecule has 1 heterocycles. The van der Waals surface area contributed by atoms with Crippen molar-refractivity contribution >= 4 is 23.2 Å². The third-order valence-corrected chi connectivity index (χ3v) is 11.7. The molecule has 236 valence electrons. The van der Waals surface area contributed by atoms with Gasteiger partial charge < -0.3 is 26.2 Å². The van der Waals surface area contributed by atoms with Crippen LogP contribution in [0.25, 0.3) is 0 Å². The van der Waals surface area contributed by atoms with Crippen molar-refractivity contribution in [2.45, 2.75) is 90.6 Å². The van der Waals surface area contributed by atoms with Crippen LogP contribution in [-0.4, -0.2) is 67.5 Å². The molecule has 4 aliphatic carbocycles. The Hall–Kier alpha value is -3.14. The van der Waals surface area contributed by atoms with Gasteiger partial charge in [0, 0.05) is 22.6 Å². The molecule has 1 aromatic rings. The minimum atomic E-state index is -2.53. The van der Waals surface area contributed by atoms with Crippen LogP contribution < -0.4 is 5.73 Å². The first-order valence-corrected chi connectivity index (χ1v) is 15.8. The number of allylic oxidation sites excluding steroid dienone is 2. The number of aliphatic hydroxyl groups excluding tert-OH is 2. The monoisotopic (exact) mass is 604 g/mol. The Balaban J connectivity index is 1.53. The molecule has 2 saturated carbocycles. The predicted molar refractivity (Wildman–Crippen MR) is 164 cm³/mol. The summed E-state index contributed by atoms with van der Waals surface area (Å²) in [6.45, 7) is 11.3. The van der Waals surface area contributed by atoms with E-state index in [-0.39, 0.29) is 41.5 Å². The van der Waals surface area contributed by atoms with Crippen LogP contribution in [0.3, 0.4) is 0 Å². The summed E-state index contributed by atoms with van der Waals surface area (Å²) in [6, 6.07) is 1.90. The molecule has 6 N–H and O–H groups in total. The van der Waals surface area contributed by atoms with E-state index in [2.05, 4.69) is 6.08 Å². The van der Waals surface area contributed by atoms with Gasteiger partial charge in [0.05, 0.1) is 23.6 Å². The van der Waals surface area contributed by atoms with E-state index in [9.17, 15) is 34.8 Å². The lowest BCUT2D eigenvalue weighted by Gasteiger charge is -2.66. The van der Waals surface area contributed by atoms with Gasteiger partial charge in [0.25, 0.3) is 0 Å². The number of fused-ring (bicyclic) bond motifs is 4. The number of ketones is 2. The topological polar surface area (TPSA) is 171 Å². The standard InChI is InChI=1S/C35H44N2O7/c1-15(2)18-12-19(22-11-17-9-7-8-10-21(17)37-22)27(38)23-20(18)13-33(5)14-34(6)25(16(3)4)29(40)24(32(36)43)30(41)35(34,44)31(42)26(33)28(23)39/h7-10,12,15-17,21,24-26,29,31,38,40,42,44H,11,13-14H2,1-6H3,(H2,36,43)/t17?,21?,24-,25+,26-,29?,31?,33-,34-,35+/m1/s1. The molecule has 6 rings (SSSR count). The first-order valence-electron chi connectivity index (χ1n) is 15.8. The van der Waals surface area contributed by atoms with Crippen LogP contribution in [0.2, 0.25) is 0 Å². The Morgan fingerprint density at radius 3 is 2.34 bits per heavy atom. The maximum atomic E-state index is 14.7. The Labute approximate surface area is 258 Å². The molecule has 0 radical (unpaired) electrons. The summed E-state index contributed by atoms with van der Waals surface area (Å²) in [6.07, 6.45) is 5.72. The lowest BCUT2D eigenvalue weighted by atomic mass is 9.39. The highest BCUT2D eigenvalue weighted by Crippen LogP contribution is 2.66. The number of phenolic OH excluding ortho intramolecular Hbond substituents is 1. The fourth-order valence-electron chi connectivity index (χ4n) is 9.97. The molecule has 9 heteroatoms. The van der Waals surface area contributed by atoms with Gasteiger partial charge in [-0.3, -0.25) is 19.4 Å². The predicted octanol–water partition coefficient (Wildman–Crippen LogP) is 3.00. The van der Waals surface area contributed by atoms with Crippen molar-refractivity contribution in [1.29, 1.82) is 0 Å². The van der Waals surface area contributed by atoms with Crippen molar-refractivity contribution in [2.75, 3.05) is 0 Å². The number of hydrogen-bond donors (Lipinski definition) is 5. The van der Waals surface area contributed by atoms with Gasteiger partial charge in [0.2, 0.25) is 5.91 Å². The molecular formula is C35H44N2O7. The van der Waals surface area contributed by atoms with Crippen LogP contribution in [0.5, 0.6) is 5.75 Å². The summed E-state index contributed by atoms with van der Waals surface area (Å²) in [7, 11) is 0. The Morgan fingerprint density at radius 1 is 1.09 bits per heavy atom. The van der Waals surface area contributed by atoms with E-state index in [1.54, 1.807) is 6.92 Å². The number of Topliss-reactive ketones (excluding diaryl/α,β-unsaturated/α-hetero) is 2. The minimum Gasteiger partial charge on any atom is -0.506 e. The van der Waals surface area contributed by atoms with Crippen LogP contribution >= 0.6 is 0 Å². The number of rotatable bonds is 4. The van der Waals surface area contributed by atoms with Crippen molar-refractivity contribution < 1.29 is 34.8 Å². The SMILES string of the molecule is CC(C)c1cc(C2=NC3C=CC=CC3C2)c(O)c2c1C[C@]1(C)C[C@]3(C)[C@@H](C(C)C)C(O)[C@@H](C(N)=O)C(=O)[C@]3(O)C(O)[C@H]1C2=O. The van der Waals surface area contributed by atoms with Crippen LogP contribution in [0, 0.1) is 40.4 Å². The summed E-state index contributed by atoms with van der Waals surface area (Å²) < 4.78 is 0. The summed E-state index contributed by atoms with van der Waals surface area (Å²) in [4.78, 5) is 46.0. The smallest absolute Gasteiger partial charge is 0.230 e. The molecule has 0 spiro atoms. The van der Waals surface area contributed by atoms with E-state index >= 15 is 0 Å². The van der Waals surface area contributed by atoms with E-state index in [1.165, 1.54) is 0 Å². The average molecular weight is 605 g/mol. The summed E-state index contributed by atoms with van der Waals surface area (Å²) in [5.74, 6) is -6.80. The van der Waals surface area contributed by atoms with Gasteiger partial charge in [0.15, 0.2) is 17.2 Å². The van der Waals surface area contributed by atoms with Crippen molar-refractivity contribution in [3.05, 3.63) is 52.6 Å². The van der Waals surface area contributed by atoms with Crippen LogP contribution in [-0.2, 0) is 16.0 Å². The van der Waals surface area contributed by atoms with Gasteiger partial charge in [-0.05, 0) is 59.6 Å². The molecule has 4 unspecified atom stereocenters. The number of aliphatic hydroxyl groups is 3. The molecule has 1 aliphatic heterocycles. The highest BCUT2D eigenvalue weighted by molar-refractivity contribution is 6.12. The lowest BCUT2D eigenvalue weighted by Crippen LogP contribution is -2.79. The van der Waals surface area contributed by atoms with E-state index in [1.807, 2.05) is 58.9 Å². The summed E-state index contributed by atoms with van der Waals surface area (Å²) in [5, 5.41) is 47.6. The van der Waals surface area contributed by atoms with Gasteiger partial charge >= 0.3 is 0 Å². The van der Waals surface area contributed by atoms with Gasteiger partial charge in [-0.1, -0.05) is 65.8 Å². The van der Waals surface area contributed by atoms with E-state index < -0.39 is 63.9 Å². The molecular weight excluding hydrogens is 560 g/mol. The van der Waals surface area contributed by atoms with Crippen molar-refractivity contribution in [1.82, 2.24) is 0 Å². The van der Waals surface area contributed by atoms with Crippen LogP contribution in [0.4, 0.5) is 0 Å². The van der Waals surface area contributed by atoms with Crippen molar-refractivity contribution in [3.63, 3.8) is 0 Å². The largest absolute Gasteiger partial charge is 0.506 e. The number of aliphatic imine (C=N–C) groups is 1. The van der Waals surface area contributed by atoms with Gasteiger partial charge in [0.1, 0.15) is 17.8 Å². The Kier molecular flexibility index (Phi) is 6.97. The number of nitrogens with zero attached hydrogens (tertiary/aromatic N) is 1. The number of aromatic hydroxyl groups is 1. The second-order valence-electron chi connectivity index (χ2n) is 15.1. The van der Waals surface area contributed by atoms with Crippen LogP contribution in [0.1, 0.15) is 87.4 Å². The third kappa shape index (κ3) is 3.88. The lowest BCUT2D eigenvalue weighted by molar-refractivity contribution is -0.265. The molecule has 9 nitrogen and oxygen atoms in total. The van der Waals surface area contributed by atoms with Gasteiger partial charge in [-0.25, -0.2) is 0 Å². The number of phenols is 1. The molecule has 0 bridgehead atoms. The zero-order valence-corrected chi connectivity index (χ0v) is 26.2.